The lowest BCUT2D eigenvalue weighted by molar-refractivity contribution is -0.149. The fourth-order valence-electron chi connectivity index (χ4n) is 5.03. The molecule has 0 spiro atoms. The van der Waals surface area contributed by atoms with Gasteiger partial charge >= 0.3 is 0 Å². The molecule has 0 aliphatic carbocycles. The van der Waals surface area contributed by atoms with Gasteiger partial charge in [-0.05, 0) is 36.5 Å². The van der Waals surface area contributed by atoms with E-state index in [0.717, 1.165) is 31.5 Å². The number of rotatable bonds is 4. The Labute approximate surface area is 169 Å². The molecule has 3 saturated heterocycles. The number of benzene rings is 1. The van der Waals surface area contributed by atoms with E-state index in [1.807, 2.05) is 6.07 Å². The lowest BCUT2D eigenvalue weighted by atomic mass is 9.81. The zero-order valence-electron chi connectivity index (χ0n) is 15.6. The summed E-state index contributed by atoms with van der Waals surface area (Å²) in [4.78, 5) is 39.3. The monoisotopic (exact) mass is 405 g/mol. The van der Waals surface area contributed by atoms with Crippen molar-refractivity contribution in [3.05, 3.63) is 34.9 Å². The SMILES string of the molecule is CC(C(=O)NCc1ccc2c(c1)CNC2)N1C(=O)C2C3CCC(O3)C2C1=O.Cl. The molecule has 150 valence electrons. The first-order chi connectivity index (χ1) is 13.0. The van der Waals surface area contributed by atoms with E-state index in [-0.39, 0.29) is 42.3 Å². The Morgan fingerprint density at radius 3 is 2.50 bits per heavy atom. The molecule has 3 amide bonds. The van der Waals surface area contributed by atoms with Gasteiger partial charge in [0.2, 0.25) is 17.7 Å². The standard InChI is InChI=1S/C20H23N3O4.ClH/c1-10(18(24)22-7-11-2-3-12-8-21-9-13(12)6-11)23-19(25)16-14-4-5-15(27-14)17(16)20(23)26;/h2-3,6,10,14-17,21H,4-5,7-9H2,1H3,(H,22,24);1H. The highest BCUT2D eigenvalue weighted by Crippen LogP contribution is 2.48. The third-order valence-electron chi connectivity index (χ3n) is 6.45. The largest absolute Gasteiger partial charge is 0.373 e. The average Bonchev–Trinajstić information content (AvgIpc) is 3.42. The lowest BCUT2D eigenvalue weighted by Crippen LogP contribution is -2.49. The van der Waals surface area contributed by atoms with Gasteiger partial charge in [0.05, 0.1) is 24.0 Å². The van der Waals surface area contributed by atoms with Crippen molar-refractivity contribution < 1.29 is 19.1 Å². The smallest absolute Gasteiger partial charge is 0.243 e. The second kappa shape index (κ2) is 7.13. The summed E-state index contributed by atoms with van der Waals surface area (Å²) in [5.74, 6) is -1.58. The van der Waals surface area contributed by atoms with Crippen molar-refractivity contribution in [2.45, 2.75) is 57.6 Å². The number of nitrogens with zero attached hydrogens (tertiary/aromatic N) is 1. The van der Waals surface area contributed by atoms with E-state index in [2.05, 4.69) is 22.8 Å². The molecule has 28 heavy (non-hydrogen) atoms. The molecule has 4 aliphatic rings. The molecule has 0 radical (unpaired) electrons. The molecule has 0 saturated carbocycles. The third-order valence-corrected chi connectivity index (χ3v) is 6.45. The van der Waals surface area contributed by atoms with E-state index < -0.39 is 17.9 Å². The number of halogens is 1. The molecule has 5 unspecified atom stereocenters. The van der Waals surface area contributed by atoms with Crippen molar-refractivity contribution in [3.8, 4) is 0 Å². The van der Waals surface area contributed by atoms with Gasteiger partial charge in [0.1, 0.15) is 6.04 Å². The van der Waals surface area contributed by atoms with Gasteiger partial charge in [0, 0.05) is 19.6 Å². The minimum Gasteiger partial charge on any atom is -0.373 e. The van der Waals surface area contributed by atoms with E-state index in [1.54, 1.807) is 6.92 Å². The van der Waals surface area contributed by atoms with Gasteiger partial charge in [-0.25, -0.2) is 0 Å². The second-order valence-electron chi connectivity index (χ2n) is 7.99. The van der Waals surface area contributed by atoms with Crippen LogP contribution in [0.25, 0.3) is 0 Å². The lowest BCUT2D eigenvalue weighted by Gasteiger charge is -2.24. The van der Waals surface area contributed by atoms with E-state index in [1.165, 1.54) is 16.0 Å². The molecule has 4 heterocycles. The number of imide groups is 1. The molecule has 1 aromatic carbocycles. The van der Waals surface area contributed by atoms with Gasteiger partial charge in [-0.3, -0.25) is 19.3 Å². The van der Waals surface area contributed by atoms with Crippen LogP contribution in [0.5, 0.6) is 0 Å². The predicted molar refractivity (Wildman–Crippen MR) is 102 cm³/mol. The average molecular weight is 406 g/mol. The summed E-state index contributed by atoms with van der Waals surface area (Å²) < 4.78 is 5.74. The molecule has 7 nitrogen and oxygen atoms in total. The number of carbonyl (C=O) groups excluding carboxylic acids is 3. The summed E-state index contributed by atoms with van der Waals surface area (Å²) in [5, 5.41) is 6.17. The fourth-order valence-corrected chi connectivity index (χ4v) is 5.03. The van der Waals surface area contributed by atoms with Gasteiger partial charge < -0.3 is 15.4 Å². The summed E-state index contributed by atoms with van der Waals surface area (Å²) in [6, 6.07) is 5.37. The van der Waals surface area contributed by atoms with Gasteiger partial charge in [-0.15, -0.1) is 12.4 Å². The van der Waals surface area contributed by atoms with Crippen molar-refractivity contribution in [2.24, 2.45) is 11.8 Å². The van der Waals surface area contributed by atoms with Crippen LogP contribution in [0.3, 0.4) is 0 Å². The number of fused-ring (bicyclic) bond motifs is 6. The highest BCUT2D eigenvalue weighted by Gasteiger charge is 2.63. The molecule has 8 heteroatoms. The van der Waals surface area contributed by atoms with Gasteiger partial charge in [-0.1, -0.05) is 18.2 Å². The fraction of sp³-hybridized carbons (Fsp3) is 0.550. The molecule has 1 aromatic rings. The number of ether oxygens (including phenoxy) is 1. The van der Waals surface area contributed by atoms with Crippen LogP contribution in [-0.4, -0.2) is 40.9 Å². The summed E-state index contributed by atoms with van der Waals surface area (Å²) in [6.07, 6.45) is 1.34. The minimum atomic E-state index is -0.800. The van der Waals surface area contributed by atoms with Crippen LogP contribution in [-0.2, 0) is 38.8 Å². The summed E-state index contributed by atoms with van der Waals surface area (Å²) in [6.45, 7) is 3.74. The van der Waals surface area contributed by atoms with Crippen LogP contribution < -0.4 is 10.6 Å². The molecular formula is C20H24ClN3O4. The molecule has 3 fully saturated rings. The first kappa shape index (κ1) is 19.4. The van der Waals surface area contributed by atoms with Crippen molar-refractivity contribution in [2.75, 3.05) is 0 Å². The first-order valence-electron chi connectivity index (χ1n) is 9.66. The Bertz CT molecular complexity index is 817. The minimum absolute atomic E-state index is 0. The number of hydrogen-bond acceptors (Lipinski definition) is 5. The molecular weight excluding hydrogens is 382 g/mol. The molecule has 4 aliphatic heterocycles. The van der Waals surface area contributed by atoms with Crippen LogP contribution in [0, 0.1) is 11.8 Å². The molecule has 5 atom stereocenters. The van der Waals surface area contributed by atoms with E-state index in [4.69, 9.17) is 4.74 Å². The molecule has 5 rings (SSSR count). The number of amides is 3. The van der Waals surface area contributed by atoms with Gasteiger partial charge in [-0.2, -0.15) is 0 Å². The van der Waals surface area contributed by atoms with Gasteiger partial charge in [0.25, 0.3) is 0 Å². The van der Waals surface area contributed by atoms with Crippen LogP contribution in [0.2, 0.25) is 0 Å². The topological polar surface area (TPSA) is 87.7 Å². The van der Waals surface area contributed by atoms with E-state index in [0.29, 0.717) is 6.54 Å². The van der Waals surface area contributed by atoms with Gasteiger partial charge in [0.15, 0.2) is 0 Å². The molecule has 2 bridgehead atoms. The van der Waals surface area contributed by atoms with E-state index >= 15 is 0 Å². The summed E-state index contributed by atoms with van der Waals surface area (Å²) >= 11 is 0. The Kier molecular flexibility index (Phi) is 4.93. The summed E-state index contributed by atoms with van der Waals surface area (Å²) in [5.41, 5.74) is 3.55. The predicted octanol–water partition coefficient (Wildman–Crippen LogP) is 0.879. The Morgan fingerprint density at radius 1 is 1.18 bits per heavy atom. The van der Waals surface area contributed by atoms with Crippen LogP contribution >= 0.6 is 12.4 Å². The zero-order chi connectivity index (χ0) is 18.7. The zero-order valence-corrected chi connectivity index (χ0v) is 16.5. The highest BCUT2D eigenvalue weighted by molar-refractivity contribution is 6.09. The maximum absolute atomic E-state index is 12.8. The van der Waals surface area contributed by atoms with Crippen molar-refractivity contribution >= 4 is 30.1 Å². The van der Waals surface area contributed by atoms with Crippen LogP contribution in [0.1, 0.15) is 36.5 Å². The Hall–Kier alpha value is -1.96. The quantitative estimate of drug-likeness (QED) is 0.726. The Balaban J connectivity index is 0.00000192. The normalized spacial score (nSPS) is 30.8. The number of carbonyl (C=O) groups is 3. The van der Waals surface area contributed by atoms with Crippen molar-refractivity contribution in [3.63, 3.8) is 0 Å². The highest BCUT2D eigenvalue weighted by atomic mass is 35.5. The first-order valence-corrected chi connectivity index (χ1v) is 9.66. The van der Waals surface area contributed by atoms with Crippen molar-refractivity contribution in [1.82, 2.24) is 15.5 Å². The maximum atomic E-state index is 12.8. The third kappa shape index (κ3) is 2.84. The van der Waals surface area contributed by atoms with Crippen molar-refractivity contribution in [1.29, 1.82) is 0 Å². The number of hydrogen-bond donors (Lipinski definition) is 2. The number of likely N-dealkylation sites (tertiary alicyclic amines) is 1. The van der Waals surface area contributed by atoms with Crippen LogP contribution in [0.15, 0.2) is 18.2 Å². The number of nitrogens with one attached hydrogen (secondary N) is 2. The molecule has 2 N–H and O–H groups in total. The maximum Gasteiger partial charge on any atom is 0.243 e. The second-order valence-corrected chi connectivity index (χ2v) is 7.99. The van der Waals surface area contributed by atoms with E-state index in [9.17, 15) is 14.4 Å². The molecule has 0 aromatic heterocycles. The van der Waals surface area contributed by atoms with Crippen LogP contribution in [0.4, 0.5) is 0 Å². The summed E-state index contributed by atoms with van der Waals surface area (Å²) in [7, 11) is 0. The Morgan fingerprint density at radius 2 is 1.82 bits per heavy atom.